The molecule has 0 unspecified atom stereocenters. The van der Waals surface area contributed by atoms with Crippen molar-refractivity contribution in [3.8, 4) is 55.6 Å². The summed E-state index contributed by atoms with van der Waals surface area (Å²) < 4.78 is 0. The van der Waals surface area contributed by atoms with Crippen LogP contribution in [0.3, 0.4) is 0 Å². The number of aryl methyl sites for hydroxylation is 1. The van der Waals surface area contributed by atoms with Crippen LogP contribution in [-0.4, -0.2) is 0 Å². The second kappa shape index (κ2) is 14.2. The molecule has 12 aromatic carbocycles. The van der Waals surface area contributed by atoms with Crippen molar-refractivity contribution >= 4 is 64.6 Å². The van der Waals surface area contributed by atoms with Gasteiger partial charge in [-0.05, 0) is 169 Å². The molecule has 0 nitrogen and oxygen atoms in total. The van der Waals surface area contributed by atoms with Crippen LogP contribution in [0.1, 0.15) is 5.56 Å². The Balaban J connectivity index is 1.19. The normalized spacial score (nSPS) is 11.7. The highest BCUT2D eigenvalue weighted by Crippen LogP contribution is 2.46. The molecule has 0 N–H and O–H groups in total. The highest BCUT2D eigenvalue weighted by molar-refractivity contribution is 6.26. The van der Waals surface area contributed by atoms with E-state index in [0.717, 1.165) is 0 Å². The van der Waals surface area contributed by atoms with Gasteiger partial charge in [-0.3, -0.25) is 0 Å². The predicted octanol–water partition coefficient (Wildman–Crippen LogP) is 17.2. The van der Waals surface area contributed by atoms with Crippen molar-refractivity contribution in [3.05, 3.63) is 230 Å². The van der Waals surface area contributed by atoms with E-state index in [9.17, 15) is 0 Å². The highest BCUT2D eigenvalue weighted by atomic mass is 14.2. The predicted molar refractivity (Wildman–Crippen MR) is 263 cm³/mol. The van der Waals surface area contributed by atoms with E-state index in [0.29, 0.717) is 0 Å². The van der Waals surface area contributed by atoms with Crippen LogP contribution in [0.5, 0.6) is 0 Å². The Hall–Kier alpha value is -7.80. The molecule has 61 heavy (non-hydrogen) atoms. The van der Waals surface area contributed by atoms with Gasteiger partial charge in [0, 0.05) is 0 Å². The monoisotopic (exact) mass is 772 g/mol. The first kappa shape index (κ1) is 35.2. The van der Waals surface area contributed by atoms with Crippen molar-refractivity contribution in [2.45, 2.75) is 6.92 Å². The van der Waals surface area contributed by atoms with Gasteiger partial charge in [0.15, 0.2) is 0 Å². The van der Waals surface area contributed by atoms with Gasteiger partial charge in [-0.25, -0.2) is 0 Å². The van der Waals surface area contributed by atoms with E-state index in [4.69, 9.17) is 0 Å². The fourth-order valence-corrected chi connectivity index (χ4v) is 10.1. The molecule has 0 aliphatic carbocycles. The van der Waals surface area contributed by atoms with E-state index in [1.54, 1.807) is 0 Å². The van der Waals surface area contributed by atoms with Gasteiger partial charge in [-0.1, -0.05) is 188 Å². The average molecular weight is 773 g/mol. The SMILES string of the molecule is Cc1cc2c(-c3ccccc3)cc3c4ccccc4c(-c4ccccc4)cc3c2cc1-c1ccc2c(-c3ccccc3)cc3c4ccccc4c(-c4ccccc4)cc3c2c1. The summed E-state index contributed by atoms with van der Waals surface area (Å²) in [6.45, 7) is 2.28. The maximum absolute atomic E-state index is 2.48. The molecule has 0 bridgehead atoms. The van der Waals surface area contributed by atoms with Gasteiger partial charge in [-0.15, -0.1) is 0 Å². The summed E-state index contributed by atoms with van der Waals surface area (Å²) in [6.07, 6.45) is 0. The zero-order chi connectivity index (χ0) is 40.4. The molecule has 0 aliphatic rings. The van der Waals surface area contributed by atoms with Gasteiger partial charge < -0.3 is 0 Å². The summed E-state index contributed by atoms with van der Waals surface area (Å²) in [4.78, 5) is 0. The molecule has 0 saturated carbocycles. The molecule has 0 heteroatoms. The topological polar surface area (TPSA) is 0 Å². The largest absolute Gasteiger partial charge is 0.0622 e. The van der Waals surface area contributed by atoms with Crippen molar-refractivity contribution in [2.24, 2.45) is 0 Å². The lowest BCUT2D eigenvalue weighted by Crippen LogP contribution is -1.93. The third-order valence-electron chi connectivity index (χ3n) is 12.9. The van der Waals surface area contributed by atoms with Crippen LogP contribution in [0.2, 0.25) is 0 Å². The molecule has 0 heterocycles. The maximum atomic E-state index is 2.48. The fraction of sp³-hybridized carbons (Fsp3) is 0.0164. The van der Waals surface area contributed by atoms with Gasteiger partial charge in [0.25, 0.3) is 0 Å². The van der Waals surface area contributed by atoms with Crippen molar-refractivity contribution in [3.63, 3.8) is 0 Å². The van der Waals surface area contributed by atoms with Gasteiger partial charge >= 0.3 is 0 Å². The summed E-state index contributed by atoms with van der Waals surface area (Å²) in [7, 11) is 0. The molecular weight excluding hydrogens is 733 g/mol. The lowest BCUT2D eigenvalue weighted by atomic mass is 9.84. The van der Waals surface area contributed by atoms with E-state index in [1.165, 1.54) is 126 Å². The molecule has 12 aromatic rings. The molecule has 0 aliphatic heterocycles. The van der Waals surface area contributed by atoms with Crippen molar-refractivity contribution in [1.82, 2.24) is 0 Å². The van der Waals surface area contributed by atoms with E-state index < -0.39 is 0 Å². The Morgan fingerprint density at radius 3 is 0.902 bits per heavy atom. The minimum Gasteiger partial charge on any atom is -0.0622 e. The highest BCUT2D eigenvalue weighted by Gasteiger charge is 2.19. The molecule has 284 valence electrons. The van der Waals surface area contributed by atoms with Gasteiger partial charge in [0.2, 0.25) is 0 Å². The number of hydrogen-bond donors (Lipinski definition) is 0. The fourth-order valence-electron chi connectivity index (χ4n) is 10.1. The molecule has 0 radical (unpaired) electrons. The first-order chi connectivity index (χ1) is 30.2. The van der Waals surface area contributed by atoms with Crippen LogP contribution in [0.4, 0.5) is 0 Å². The third kappa shape index (κ3) is 5.75. The van der Waals surface area contributed by atoms with Crippen LogP contribution in [0.15, 0.2) is 224 Å². The number of rotatable bonds is 5. The Bertz CT molecular complexity index is 3660. The van der Waals surface area contributed by atoms with Crippen molar-refractivity contribution in [2.75, 3.05) is 0 Å². The third-order valence-corrected chi connectivity index (χ3v) is 12.9. The van der Waals surface area contributed by atoms with E-state index in [2.05, 4.69) is 231 Å². The lowest BCUT2D eigenvalue weighted by Gasteiger charge is -2.19. The van der Waals surface area contributed by atoms with Crippen LogP contribution in [-0.2, 0) is 0 Å². The van der Waals surface area contributed by atoms with Gasteiger partial charge in [0.05, 0.1) is 0 Å². The number of hydrogen-bond acceptors (Lipinski definition) is 0. The Labute approximate surface area is 355 Å². The molecule has 12 rings (SSSR count). The zero-order valence-electron chi connectivity index (χ0n) is 33.9. The first-order valence-electron chi connectivity index (χ1n) is 21.2. The summed E-state index contributed by atoms with van der Waals surface area (Å²) in [5.41, 5.74) is 13.6. The lowest BCUT2D eigenvalue weighted by molar-refractivity contribution is 1.49. The Kier molecular flexibility index (Phi) is 8.18. The molecule has 0 fully saturated rings. The van der Waals surface area contributed by atoms with Crippen LogP contribution >= 0.6 is 0 Å². The van der Waals surface area contributed by atoms with Crippen LogP contribution in [0, 0.1) is 6.92 Å². The molecule has 0 atom stereocenters. The number of fused-ring (bicyclic) bond motifs is 10. The standard InChI is InChI=1S/C61H40/c1-39-32-55-54(43-24-12-5-13-25-43)38-58-48-29-17-15-27-46(48)52(41-20-8-3-9-21-41)37-61(58)59(55)34-50(39)44-30-31-49-53(42-22-10-4-11-23-42)35-57-47-28-16-14-26-45(47)51(36-60(57)56(49)33-44)40-18-6-2-7-19-40/h2-38H,1H3. The smallest absolute Gasteiger partial charge is 0.00921 e. The summed E-state index contributed by atoms with van der Waals surface area (Å²) in [5.74, 6) is 0. The van der Waals surface area contributed by atoms with Crippen molar-refractivity contribution in [1.29, 1.82) is 0 Å². The number of benzene rings is 12. The quantitative estimate of drug-likeness (QED) is 0.153. The van der Waals surface area contributed by atoms with E-state index >= 15 is 0 Å². The van der Waals surface area contributed by atoms with Crippen LogP contribution < -0.4 is 0 Å². The first-order valence-corrected chi connectivity index (χ1v) is 21.2. The maximum Gasteiger partial charge on any atom is -0.00921 e. The average Bonchev–Trinajstić information content (AvgIpc) is 3.33. The minimum atomic E-state index is 1.22. The molecular formula is C61H40. The molecule has 0 saturated heterocycles. The molecule has 0 amide bonds. The Morgan fingerprint density at radius 1 is 0.180 bits per heavy atom. The summed E-state index contributed by atoms with van der Waals surface area (Å²) >= 11 is 0. The second-order valence-electron chi connectivity index (χ2n) is 16.4. The zero-order valence-corrected chi connectivity index (χ0v) is 33.9. The Morgan fingerprint density at radius 2 is 0.475 bits per heavy atom. The minimum absolute atomic E-state index is 1.22. The van der Waals surface area contributed by atoms with E-state index in [1.807, 2.05) is 0 Å². The summed E-state index contributed by atoms with van der Waals surface area (Å²) in [6, 6.07) is 83.2. The second-order valence-corrected chi connectivity index (χ2v) is 16.4. The van der Waals surface area contributed by atoms with Gasteiger partial charge in [-0.2, -0.15) is 0 Å². The summed E-state index contributed by atoms with van der Waals surface area (Å²) in [5, 5.41) is 15.2. The molecule has 0 aromatic heterocycles. The van der Waals surface area contributed by atoms with Crippen molar-refractivity contribution < 1.29 is 0 Å². The van der Waals surface area contributed by atoms with Gasteiger partial charge in [0.1, 0.15) is 0 Å². The molecule has 0 spiro atoms. The van der Waals surface area contributed by atoms with Crippen LogP contribution in [0.25, 0.3) is 120 Å². The van der Waals surface area contributed by atoms with E-state index in [-0.39, 0.29) is 0 Å².